The Hall–Kier alpha value is -4.04. The standard InChI is InChI=1S/C28H28F3N5O3/c1-19-33-14-23-17-34-8-9-35(27(37)18-34)16-22-12-24(5-6-25(22)38-10-2-7-28(29,30)31)39-26-11-20(15-36(19)23)3-4-21(26)13-32/h3-6,11-12,14H,2,7-10,15-18H2,1H3. The zero-order valence-electron chi connectivity index (χ0n) is 21.5. The third-order valence-electron chi connectivity index (χ3n) is 6.91. The Kier molecular flexibility index (Phi) is 7.48. The zero-order chi connectivity index (χ0) is 27.6. The molecule has 11 heteroatoms. The fourth-order valence-electron chi connectivity index (χ4n) is 4.84. The van der Waals surface area contributed by atoms with Gasteiger partial charge in [0.25, 0.3) is 0 Å². The SMILES string of the molecule is Cc1ncc2n1Cc1ccc(C#N)c(c1)Oc1ccc(OCCCC(F)(F)F)c(c1)CN1CCN(CC1=O)C2. The van der Waals surface area contributed by atoms with Crippen molar-refractivity contribution in [3.8, 4) is 23.3 Å². The first-order chi connectivity index (χ1) is 18.7. The van der Waals surface area contributed by atoms with Crippen LogP contribution in [-0.4, -0.2) is 57.7 Å². The maximum atomic E-state index is 13.1. The highest BCUT2D eigenvalue weighted by molar-refractivity contribution is 5.79. The first kappa shape index (κ1) is 26.6. The number of halogens is 3. The molecule has 0 saturated carbocycles. The molecule has 6 bridgehead atoms. The number of fused-ring (bicyclic) bond motifs is 2. The number of aryl methyl sites for hydroxylation is 1. The summed E-state index contributed by atoms with van der Waals surface area (Å²) >= 11 is 0. The molecule has 0 spiro atoms. The number of nitrogens with zero attached hydrogens (tertiary/aromatic N) is 5. The fraction of sp³-hybridized carbons (Fsp3) is 0.393. The third-order valence-corrected chi connectivity index (χ3v) is 6.91. The van der Waals surface area contributed by atoms with Gasteiger partial charge in [-0.2, -0.15) is 18.4 Å². The summed E-state index contributed by atoms with van der Waals surface area (Å²) in [6, 6.07) is 12.6. The molecule has 1 fully saturated rings. The molecule has 1 aromatic heterocycles. The van der Waals surface area contributed by atoms with Crippen molar-refractivity contribution in [3.63, 3.8) is 0 Å². The molecule has 1 saturated heterocycles. The van der Waals surface area contributed by atoms with E-state index in [-0.39, 0.29) is 32.0 Å². The van der Waals surface area contributed by atoms with Crippen molar-refractivity contribution in [2.24, 2.45) is 0 Å². The number of carbonyl (C=O) groups excluding carboxylic acids is 1. The lowest BCUT2D eigenvalue weighted by molar-refractivity contribution is -0.137. The van der Waals surface area contributed by atoms with Crippen LogP contribution in [0.1, 0.15) is 41.1 Å². The molecular formula is C28H28F3N5O3. The van der Waals surface area contributed by atoms with Gasteiger partial charge in [-0.3, -0.25) is 9.69 Å². The van der Waals surface area contributed by atoms with E-state index in [1.807, 2.05) is 25.3 Å². The van der Waals surface area contributed by atoms with Gasteiger partial charge in [0.1, 0.15) is 29.1 Å². The Labute approximate surface area is 224 Å². The number of rotatable bonds is 4. The van der Waals surface area contributed by atoms with Gasteiger partial charge < -0.3 is 18.9 Å². The molecule has 1 unspecified atom stereocenters. The van der Waals surface area contributed by atoms with Crippen molar-refractivity contribution < 1.29 is 27.4 Å². The van der Waals surface area contributed by atoms with Gasteiger partial charge >= 0.3 is 6.18 Å². The van der Waals surface area contributed by atoms with Gasteiger partial charge in [-0.05, 0) is 49.2 Å². The molecule has 3 aromatic rings. The van der Waals surface area contributed by atoms with Crippen LogP contribution in [0.3, 0.4) is 0 Å². The van der Waals surface area contributed by atoms with Crippen LogP contribution in [0, 0.1) is 18.3 Å². The summed E-state index contributed by atoms with van der Waals surface area (Å²) in [5.74, 6) is 2.00. The number of aromatic nitrogens is 2. The Balaban J connectivity index is 1.50. The quantitative estimate of drug-likeness (QED) is 0.444. The largest absolute Gasteiger partial charge is 0.493 e. The van der Waals surface area contributed by atoms with E-state index in [4.69, 9.17) is 9.47 Å². The maximum absolute atomic E-state index is 13.1. The van der Waals surface area contributed by atoms with Crippen LogP contribution in [0.2, 0.25) is 0 Å². The average Bonchev–Trinajstić information content (AvgIpc) is 3.22. The summed E-state index contributed by atoms with van der Waals surface area (Å²) in [6.07, 6.45) is -3.53. The average molecular weight is 540 g/mol. The normalized spacial score (nSPS) is 17.4. The van der Waals surface area contributed by atoms with Crippen molar-refractivity contribution in [1.82, 2.24) is 19.4 Å². The molecule has 3 aliphatic rings. The second kappa shape index (κ2) is 11.0. The highest BCUT2D eigenvalue weighted by Crippen LogP contribution is 2.32. The molecule has 4 heterocycles. The molecule has 6 rings (SSSR count). The Bertz CT molecular complexity index is 1410. The molecule has 0 aliphatic carbocycles. The molecular weight excluding hydrogens is 511 g/mol. The van der Waals surface area contributed by atoms with Crippen molar-refractivity contribution in [1.29, 1.82) is 5.26 Å². The van der Waals surface area contributed by atoms with Crippen molar-refractivity contribution >= 4 is 5.91 Å². The molecule has 204 valence electrons. The lowest BCUT2D eigenvalue weighted by Crippen LogP contribution is -2.49. The van der Waals surface area contributed by atoms with E-state index in [1.54, 1.807) is 29.2 Å². The molecule has 39 heavy (non-hydrogen) atoms. The lowest BCUT2D eigenvalue weighted by Gasteiger charge is -2.34. The molecule has 3 aliphatic heterocycles. The Morgan fingerprint density at radius 1 is 1.10 bits per heavy atom. The van der Waals surface area contributed by atoms with E-state index < -0.39 is 12.6 Å². The first-order valence-corrected chi connectivity index (χ1v) is 12.7. The van der Waals surface area contributed by atoms with Crippen LogP contribution < -0.4 is 9.47 Å². The van der Waals surface area contributed by atoms with Crippen LogP contribution in [0.25, 0.3) is 0 Å². The molecule has 8 nitrogen and oxygen atoms in total. The van der Waals surface area contributed by atoms with Crippen molar-refractivity contribution in [3.05, 3.63) is 70.8 Å². The van der Waals surface area contributed by atoms with Gasteiger partial charge in [-0.15, -0.1) is 0 Å². The lowest BCUT2D eigenvalue weighted by atomic mass is 10.1. The zero-order valence-corrected chi connectivity index (χ0v) is 21.5. The first-order valence-electron chi connectivity index (χ1n) is 12.7. The van der Waals surface area contributed by atoms with Gasteiger partial charge in [0.15, 0.2) is 0 Å². The minimum atomic E-state index is -4.25. The number of imidazole rings is 1. The number of piperazine rings is 1. The predicted molar refractivity (Wildman–Crippen MR) is 135 cm³/mol. The molecule has 0 radical (unpaired) electrons. The summed E-state index contributed by atoms with van der Waals surface area (Å²) in [7, 11) is 0. The topological polar surface area (TPSA) is 83.6 Å². The fourth-order valence-corrected chi connectivity index (χ4v) is 4.84. The van der Waals surface area contributed by atoms with Gasteiger partial charge in [0.2, 0.25) is 5.91 Å². The van der Waals surface area contributed by atoms with Crippen LogP contribution >= 0.6 is 0 Å². The van der Waals surface area contributed by atoms with Crippen molar-refractivity contribution in [2.45, 2.75) is 45.6 Å². The van der Waals surface area contributed by atoms with E-state index in [0.29, 0.717) is 54.6 Å². The van der Waals surface area contributed by atoms with Gasteiger partial charge in [0.05, 0.1) is 24.4 Å². The smallest absolute Gasteiger partial charge is 0.389 e. The van der Waals surface area contributed by atoms with E-state index in [1.165, 1.54) is 0 Å². The monoisotopic (exact) mass is 539 g/mol. The Morgan fingerprint density at radius 2 is 1.95 bits per heavy atom. The third kappa shape index (κ3) is 6.34. The minimum absolute atomic E-state index is 0.0533. The predicted octanol–water partition coefficient (Wildman–Crippen LogP) is 4.78. The van der Waals surface area contributed by atoms with E-state index in [9.17, 15) is 23.2 Å². The highest BCUT2D eigenvalue weighted by atomic mass is 19.4. The number of alkyl halides is 3. The van der Waals surface area contributed by atoms with Crippen LogP contribution in [0.5, 0.6) is 17.2 Å². The summed E-state index contributed by atoms with van der Waals surface area (Å²) in [4.78, 5) is 21.4. The molecule has 1 amide bonds. The number of amides is 1. The number of hydrogen-bond acceptors (Lipinski definition) is 6. The van der Waals surface area contributed by atoms with Gasteiger partial charge in [-0.25, -0.2) is 4.98 Å². The summed E-state index contributed by atoms with van der Waals surface area (Å²) in [5, 5.41) is 9.68. The number of hydrogen-bond donors (Lipinski definition) is 0. The summed E-state index contributed by atoms with van der Waals surface area (Å²) in [6.45, 7) is 4.51. The molecule has 1 atom stereocenters. The second-order valence-electron chi connectivity index (χ2n) is 9.79. The maximum Gasteiger partial charge on any atom is 0.389 e. The number of carbonyl (C=O) groups is 1. The van der Waals surface area contributed by atoms with Gasteiger partial charge in [-0.1, -0.05) is 6.07 Å². The van der Waals surface area contributed by atoms with Crippen LogP contribution in [-0.2, 0) is 24.4 Å². The van der Waals surface area contributed by atoms with E-state index in [0.717, 1.165) is 17.1 Å². The van der Waals surface area contributed by atoms with Crippen LogP contribution in [0.4, 0.5) is 13.2 Å². The van der Waals surface area contributed by atoms with Crippen molar-refractivity contribution in [2.75, 3.05) is 26.2 Å². The Morgan fingerprint density at radius 3 is 2.72 bits per heavy atom. The number of benzene rings is 2. The minimum Gasteiger partial charge on any atom is -0.493 e. The second-order valence-corrected chi connectivity index (χ2v) is 9.79. The van der Waals surface area contributed by atoms with E-state index in [2.05, 4.69) is 20.5 Å². The summed E-state index contributed by atoms with van der Waals surface area (Å²) < 4.78 is 51.7. The van der Waals surface area contributed by atoms with Gasteiger partial charge in [0, 0.05) is 50.9 Å². The van der Waals surface area contributed by atoms with Crippen LogP contribution in [0.15, 0.2) is 42.6 Å². The molecule has 0 N–H and O–H groups in total. The number of ether oxygens (including phenoxy) is 2. The number of nitriles is 1. The highest BCUT2D eigenvalue weighted by Gasteiger charge is 2.28. The molecule has 2 aromatic carbocycles. The summed E-state index contributed by atoms with van der Waals surface area (Å²) in [5.41, 5.74) is 2.88. The van der Waals surface area contributed by atoms with E-state index >= 15 is 0 Å².